The number of ether oxygens (including phenoxy) is 1. The number of nitrogens with two attached hydrogens (primary N) is 1. The Hall–Kier alpha value is -1.62. The van der Waals surface area contributed by atoms with Crippen molar-refractivity contribution in [1.82, 2.24) is 0 Å². The number of carbonyl (C=O) groups excluding carboxylic acids is 1. The lowest BCUT2D eigenvalue weighted by atomic mass is 10.2. The van der Waals surface area contributed by atoms with Gasteiger partial charge < -0.3 is 15.8 Å². The van der Waals surface area contributed by atoms with E-state index in [2.05, 4.69) is 5.32 Å². The maximum absolute atomic E-state index is 13.9. The number of rotatable bonds is 6. The zero-order chi connectivity index (χ0) is 14.4. The van der Waals surface area contributed by atoms with E-state index >= 15 is 0 Å². The first-order valence-electron chi connectivity index (χ1n) is 7.15. The highest BCUT2D eigenvalue weighted by Gasteiger charge is 2.18. The van der Waals surface area contributed by atoms with Gasteiger partial charge in [0, 0.05) is 18.2 Å². The predicted octanol–water partition coefficient (Wildman–Crippen LogP) is 2.82. The van der Waals surface area contributed by atoms with Crippen molar-refractivity contribution in [2.75, 3.05) is 11.9 Å². The average molecular weight is 280 g/mol. The summed E-state index contributed by atoms with van der Waals surface area (Å²) in [6.07, 6.45) is 5.33. The van der Waals surface area contributed by atoms with Gasteiger partial charge in [0.2, 0.25) is 5.91 Å². The van der Waals surface area contributed by atoms with E-state index in [9.17, 15) is 9.18 Å². The van der Waals surface area contributed by atoms with Crippen molar-refractivity contribution < 1.29 is 13.9 Å². The number of halogens is 1. The maximum Gasteiger partial charge on any atom is 0.224 e. The minimum absolute atomic E-state index is 0.120. The van der Waals surface area contributed by atoms with E-state index < -0.39 is 5.82 Å². The molecule has 1 aromatic rings. The Bertz CT molecular complexity index is 459. The van der Waals surface area contributed by atoms with E-state index in [0.717, 1.165) is 25.7 Å². The third kappa shape index (κ3) is 4.20. The van der Waals surface area contributed by atoms with Crippen LogP contribution in [0, 0.1) is 5.82 Å². The second-order valence-corrected chi connectivity index (χ2v) is 5.11. The predicted molar refractivity (Wildman–Crippen MR) is 76.2 cm³/mol. The van der Waals surface area contributed by atoms with Gasteiger partial charge in [0.05, 0.1) is 6.10 Å². The van der Waals surface area contributed by atoms with Gasteiger partial charge in [-0.1, -0.05) is 0 Å². The number of amides is 1. The van der Waals surface area contributed by atoms with E-state index in [0.29, 0.717) is 25.1 Å². The highest BCUT2D eigenvalue weighted by Crippen LogP contribution is 2.27. The molecular formula is C15H21FN2O2. The summed E-state index contributed by atoms with van der Waals surface area (Å²) in [5, 5.41) is 2.65. The van der Waals surface area contributed by atoms with Gasteiger partial charge in [-0.2, -0.15) is 0 Å². The highest BCUT2D eigenvalue weighted by atomic mass is 19.1. The number of carbonyl (C=O) groups is 1. The van der Waals surface area contributed by atoms with Crippen molar-refractivity contribution in [3.05, 3.63) is 24.0 Å². The molecule has 3 N–H and O–H groups in total. The number of hydrogen-bond acceptors (Lipinski definition) is 3. The Morgan fingerprint density at radius 2 is 2.15 bits per heavy atom. The van der Waals surface area contributed by atoms with Crippen molar-refractivity contribution in [2.24, 2.45) is 5.73 Å². The van der Waals surface area contributed by atoms with Crippen molar-refractivity contribution in [1.29, 1.82) is 0 Å². The lowest BCUT2D eigenvalue weighted by Gasteiger charge is -2.14. The van der Waals surface area contributed by atoms with Crippen LogP contribution in [0.1, 0.15) is 38.5 Å². The molecular weight excluding hydrogens is 259 g/mol. The minimum Gasteiger partial charge on any atom is -0.487 e. The van der Waals surface area contributed by atoms with Crippen LogP contribution in [0.15, 0.2) is 18.2 Å². The number of hydrogen-bond donors (Lipinski definition) is 2. The monoisotopic (exact) mass is 280 g/mol. The largest absolute Gasteiger partial charge is 0.487 e. The third-order valence-corrected chi connectivity index (χ3v) is 3.42. The zero-order valence-corrected chi connectivity index (χ0v) is 11.5. The average Bonchev–Trinajstić information content (AvgIpc) is 2.92. The molecule has 0 saturated heterocycles. The van der Waals surface area contributed by atoms with Crippen LogP contribution in [0.4, 0.5) is 10.1 Å². The SMILES string of the molecule is NCCCC(=O)Nc1ccc(OC2CCCC2)c(F)c1. The summed E-state index contributed by atoms with van der Waals surface area (Å²) in [4.78, 5) is 11.5. The van der Waals surface area contributed by atoms with Crippen LogP contribution in [-0.4, -0.2) is 18.6 Å². The second kappa shape index (κ2) is 7.24. The molecule has 1 fully saturated rings. The van der Waals surface area contributed by atoms with E-state index in [4.69, 9.17) is 10.5 Å². The molecule has 1 aliphatic rings. The van der Waals surface area contributed by atoms with Crippen LogP contribution >= 0.6 is 0 Å². The Labute approximate surface area is 118 Å². The van der Waals surface area contributed by atoms with Crippen molar-refractivity contribution >= 4 is 11.6 Å². The zero-order valence-electron chi connectivity index (χ0n) is 11.5. The molecule has 0 unspecified atom stereocenters. The normalized spacial score (nSPS) is 15.3. The Balaban J connectivity index is 1.92. The molecule has 1 saturated carbocycles. The smallest absolute Gasteiger partial charge is 0.224 e. The molecule has 4 nitrogen and oxygen atoms in total. The summed E-state index contributed by atoms with van der Waals surface area (Å²) in [5.41, 5.74) is 5.78. The van der Waals surface area contributed by atoms with E-state index in [1.807, 2.05) is 0 Å². The lowest BCUT2D eigenvalue weighted by Crippen LogP contribution is -2.14. The lowest BCUT2D eigenvalue weighted by molar-refractivity contribution is -0.116. The molecule has 0 aliphatic heterocycles. The third-order valence-electron chi connectivity index (χ3n) is 3.42. The number of nitrogens with one attached hydrogen (secondary N) is 1. The standard InChI is InChI=1S/C15H21FN2O2/c16-13-10-11(18-15(19)6-3-9-17)7-8-14(13)20-12-4-1-2-5-12/h7-8,10,12H,1-6,9,17H2,(H,18,19). The summed E-state index contributed by atoms with van der Waals surface area (Å²) < 4.78 is 19.5. The molecule has 2 rings (SSSR count). The van der Waals surface area contributed by atoms with E-state index in [1.165, 1.54) is 6.07 Å². The van der Waals surface area contributed by atoms with E-state index in [-0.39, 0.29) is 17.8 Å². The first kappa shape index (κ1) is 14.8. The number of anilines is 1. The molecule has 20 heavy (non-hydrogen) atoms. The molecule has 110 valence electrons. The van der Waals surface area contributed by atoms with Gasteiger partial charge >= 0.3 is 0 Å². The summed E-state index contributed by atoms with van der Waals surface area (Å²) in [6.45, 7) is 0.468. The molecule has 0 bridgehead atoms. The summed E-state index contributed by atoms with van der Waals surface area (Å²) in [7, 11) is 0. The minimum atomic E-state index is -0.437. The first-order chi connectivity index (χ1) is 9.69. The topological polar surface area (TPSA) is 64.4 Å². The molecule has 0 atom stereocenters. The molecule has 0 heterocycles. The Morgan fingerprint density at radius 3 is 2.80 bits per heavy atom. The van der Waals surface area contributed by atoms with Crippen molar-refractivity contribution in [2.45, 2.75) is 44.6 Å². The Morgan fingerprint density at radius 1 is 1.40 bits per heavy atom. The molecule has 1 aliphatic carbocycles. The van der Waals surface area contributed by atoms with Gasteiger partial charge in [0.15, 0.2) is 11.6 Å². The van der Waals surface area contributed by atoms with Gasteiger partial charge in [-0.3, -0.25) is 4.79 Å². The molecule has 0 radical (unpaired) electrons. The molecule has 0 spiro atoms. The molecule has 1 amide bonds. The highest BCUT2D eigenvalue weighted by molar-refractivity contribution is 5.90. The molecule has 1 aromatic carbocycles. The number of benzene rings is 1. The van der Waals surface area contributed by atoms with Crippen LogP contribution < -0.4 is 15.8 Å². The molecule has 0 aromatic heterocycles. The van der Waals surface area contributed by atoms with Crippen LogP contribution in [0.5, 0.6) is 5.75 Å². The van der Waals surface area contributed by atoms with Gasteiger partial charge in [0.25, 0.3) is 0 Å². The van der Waals surface area contributed by atoms with Crippen molar-refractivity contribution in [3.63, 3.8) is 0 Å². The van der Waals surface area contributed by atoms with Crippen LogP contribution in [0.2, 0.25) is 0 Å². The summed E-state index contributed by atoms with van der Waals surface area (Å²) in [5.74, 6) is -0.329. The maximum atomic E-state index is 13.9. The quantitative estimate of drug-likeness (QED) is 0.842. The second-order valence-electron chi connectivity index (χ2n) is 5.11. The van der Waals surface area contributed by atoms with Crippen molar-refractivity contribution in [3.8, 4) is 5.75 Å². The van der Waals surface area contributed by atoms with Crippen LogP contribution in [0.3, 0.4) is 0 Å². The summed E-state index contributed by atoms with van der Waals surface area (Å²) in [6, 6.07) is 4.53. The fraction of sp³-hybridized carbons (Fsp3) is 0.533. The van der Waals surface area contributed by atoms with Gasteiger partial charge in [-0.05, 0) is 50.8 Å². The fourth-order valence-corrected chi connectivity index (χ4v) is 2.35. The fourth-order valence-electron chi connectivity index (χ4n) is 2.35. The molecule has 5 heteroatoms. The van der Waals surface area contributed by atoms with Crippen LogP contribution in [-0.2, 0) is 4.79 Å². The van der Waals surface area contributed by atoms with Gasteiger partial charge in [-0.15, -0.1) is 0 Å². The van der Waals surface area contributed by atoms with Crippen LogP contribution in [0.25, 0.3) is 0 Å². The Kier molecular flexibility index (Phi) is 5.35. The summed E-state index contributed by atoms with van der Waals surface area (Å²) >= 11 is 0. The van der Waals surface area contributed by atoms with Gasteiger partial charge in [-0.25, -0.2) is 4.39 Å². The van der Waals surface area contributed by atoms with Gasteiger partial charge in [0.1, 0.15) is 0 Å². The first-order valence-corrected chi connectivity index (χ1v) is 7.15. The van der Waals surface area contributed by atoms with E-state index in [1.54, 1.807) is 12.1 Å².